The van der Waals surface area contributed by atoms with Crippen LogP contribution < -0.4 is 0 Å². The van der Waals surface area contributed by atoms with Crippen LogP contribution in [0.25, 0.3) is 0 Å². The quantitative estimate of drug-likeness (QED) is 0.751. The van der Waals surface area contributed by atoms with E-state index in [-0.39, 0.29) is 0 Å². The van der Waals surface area contributed by atoms with E-state index in [0.717, 1.165) is 5.92 Å². The fourth-order valence-corrected chi connectivity index (χ4v) is 3.29. The molecule has 0 saturated carbocycles. The van der Waals surface area contributed by atoms with Gasteiger partial charge >= 0.3 is 0 Å². The van der Waals surface area contributed by atoms with Crippen molar-refractivity contribution in [3.05, 3.63) is 34.9 Å². The van der Waals surface area contributed by atoms with E-state index in [0.29, 0.717) is 0 Å². The summed E-state index contributed by atoms with van der Waals surface area (Å²) in [5.74, 6) is 0.881. The Kier molecular flexibility index (Phi) is 3.19. The van der Waals surface area contributed by atoms with E-state index < -0.39 is 0 Å². The van der Waals surface area contributed by atoms with E-state index >= 15 is 0 Å². The predicted molar refractivity (Wildman–Crippen MR) is 72.1 cm³/mol. The van der Waals surface area contributed by atoms with Crippen LogP contribution in [0.5, 0.6) is 0 Å². The lowest BCUT2D eigenvalue weighted by Crippen LogP contribution is -2.19. The lowest BCUT2D eigenvalue weighted by molar-refractivity contribution is 0.331. The summed E-state index contributed by atoms with van der Waals surface area (Å²) in [4.78, 5) is 2.59. The van der Waals surface area contributed by atoms with E-state index in [1.165, 1.54) is 57.3 Å². The Bertz CT molecular complexity index is 391. The zero-order chi connectivity index (χ0) is 11.7. The van der Waals surface area contributed by atoms with Gasteiger partial charge in [0, 0.05) is 6.54 Å². The van der Waals surface area contributed by atoms with Crippen LogP contribution in [-0.2, 0) is 19.4 Å². The Morgan fingerprint density at radius 1 is 1.18 bits per heavy atom. The molecule has 1 fully saturated rings. The van der Waals surface area contributed by atoms with Crippen molar-refractivity contribution in [2.24, 2.45) is 5.92 Å². The first kappa shape index (κ1) is 11.3. The second-order valence-corrected chi connectivity index (χ2v) is 5.93. The van der Waals surface area contributed by atoms with Crippen molar-refractivity contribution >= 4 is 0 Å². The van der Waals surface area contributed by atoms with Crippen molar-refractivity contribution in [3.63, 3.8) is 0 Å². The van der Waals surface area contributed by atoms with Crippen molar-refractivity contribution in [1.29, 1.82) is 0 Å². The third-order valence-corrected chi connectivity index (χ3v) is 4.35. The lowest BCUT2D eigenvalue weighted by Gasteiger charge is -2.23. The Morgan fingerprint density at radius 2 is 2.00 bits per heavy atom. The molecule has 1 aromatic carbocycles. The molecule has 0 bridgehead atoms. The maximum absolute atomic E-state index is 2.59. The van der Waals surface area contributed by atoms with Crippen LogP contribution in [0.15, 0.2) is 18.2 Å². The third-order valence-electron chi connectivity index (χ3n) is 4.35. The zero-order valence-corrected chi connectivity index (χ0v) is 10.9. The molecule has 92 valence electrons. The van der Waals surface area contributed by atoms with Crippen LogP contribution in [0.1, 0.15) is 42.9 Å². The highest BCUT2D eigenvalue weighted by Gasteiger charge is 2.16. The van der Waals surface area contributed by atoms with E-state index in [4.69, 9.17) is 0 Å². The highest BCUT2D eigenvalue weighted by molar-refractivity contribution is 5.34. The second kappa shape index (κ2) is 4.81. The molecule has 0 spiro atoms. The molecule has 1 saturated heterocycles. The maximum Gasteiger partial charge on any atom is 0.0233 e. The van der Waals surface area contributed by atoms with Crippen molar-refractivity contribution in [2.45, 2.75) is 45.6 Å². The summed E-state index contributed by atoms with van der Waals surface area (Å²) >= 11 is 0. The monoisotopic (exact) mass is 229 g/mol. The molecule has 1 aromatic rings. The van der Waals surface area contributed by atoms with Gasteiger partial charge in [0.25, 0.3) is 0 Å². The molecule has 1 nitrogen and oxygen atoms in total. The number of aryl methyl sites for hydroxylation is 1. The van der Waals surface area contributed by atoms with E-state index in [1.54, 1.807) is 11.1 Å². The molecule has 1 heterocycles. The number of fused-ring (bicyclic) bond motifs is 1. The molecule has 1 atom stereocenters. The fourth-order valence-electron chi connectivity index (χ4n) is 3.29. The minimum Gasteiger partial charge on any atom is -0.299 e. The van der Waals surface area contributed by atoms with Crippen LogP contribution >= 0.6 is 0 Å². The van der Waals surface area contributed by atoms with Crippen LogP contribution in [0.2, 0.25) is 0 Å². The normalized spacial score (nSPS) is 24.9. The molecule has 1 aliphatic carbocycles. The standard InChI is InChI=1S/C16H23N/c1-13-4-6-16-11-14(5-7-15(16)10-13)12-17-8-2-3-9-17/h5,7,11,13H,2-4,6,8-10,12H2,1H3. The Hall–Kier alpha value is -0.820. The topological polar surface area (TPSA) is 3.24 Å². The molecule has 1 aliphatic heterocycles. The summed E-state index contributed by atoms with van der Waals surface area (Å²) in [6.07, 6.45) is 6.74. The van der Waals surface area contributed by atoms with Gasteiger partial charge in [-0.05, 0) is 67.8 Å². The molecule has 0 amide bonds. The highest BCUT2D eigenvalue weighted by atomic mass is 15.1. The highest BCUT2D eigenvalue weighted by Crippen LogP contribution is 2.26. The molecule has 17 heavy (non-hydrogen) atoms. The van der Waals surface area contributed by atoms with Gasteiger partial charge in [-0.15, -0.1) is 0 Å². The van der Waals surface area contributed by atoms with E-state index in [2.05, 4.69) is 30.0 Å². The number of rotatable bonds is 2. The number of likely N-dealkylation sites (tertiary alicyclic amines) is 1. The predicted octanol–water partition coefficient (Wildman–Crippen LogP) is 3.41. The lowest BCUT2D eigenvalue weighted by atomic mass is 9.84. The summed E-state index contributed by atoms with van der Waals surface area (Å²) in [5.41, 5.74) is 4.76. The number of hydrogen-bond acceptors (Lipinski definition) is 1. The van der Waals surface area contributed by atoms with Gasteiger partial charge in [0.1, 0.15) is 0 Å². The largest absolute Gasteiger partial charge is 0.299 e. The molecule has 0 aromatic heterocycles. The minimum atomic E-state index is 0.881. The van der Waals surface area contributed by atoms with Gasteiger partial charge in [-0.3, -0.25) is 4.90 Å². The van der Waals surface area contributed by atoms with E-state index in [1.807, 2.05) is 0 Å². The van der Waals surface area contributed by atoms with Crippen molar-refractivity contribution in [2.75, 3.05) is 13.1 Å². The van der Waals surface area contributed by atoms with Crippen LogP contribution in [0.3, 0.4) is 0 Å². The maximum atomic E-state index is 2.59. The number of hydrogen-bond donors (Lipinski definition) is 0. The Morgan fingerprint density at radius 3 is 2.82 bits per heavy atom. The molecule has 0 radical (unpaired) electrons. The minimum absolute atomic E-state index is 0.881. The van der Waals surface area contributed by atoms with Gasteiger partial charge < -0.3 is 0 Å². The van der Waals surface area contributed by atoms with Crippen LogP contribution in [-0.4, -0.2) is 18.0 Å². The third kappa shape index (κ3) is 2.55. The van der Waals surface area contributed by atoms with Crippen molar-refractivity contribution < 1.29 is 0 Å². The Labute approximate surface area is 105 Å². The summed E-state index contributed by atoms with van der Waals surface area (Å²) in [5, 5.41) is 0. The van der Waals surface area contributed by atoms with Gasteiger partial charge in [0.05, 0.1) is 0 Å². The molecular weight excluding hydrogens is 206 g/mol. The number of nitrogens with zero attached hydrogens (tertiary/aromatic N) is 1. The summed E-state index contributed by atoms with van der Waals surface area (Å²) in [7, 11) is 0. The van der Waals surface area contributed by atoms with Gasteiger partial charge in [-0.1, -0.05) is 25.1 Å². The van der Waals surface area contributed by atoms with Gasteiger partial charge in [0.15, 0.2) is 0 Å². The summed E-state index contributed by atoms with van der Waals surface area (Å²) in [6, 6.07) is 7.21. The SMILES string of the molecule is CC1CCc2cc(CN3CCCC3)ccc2C1. The van der Waals surface area contributed by atoms with Gasteiger partial charge in [-0.2, -0.15) is 0 Å². The average Bonchev–Trinajstić information content (AvgIpc) is 2.82. The average molecular weight is 229 g/mol. The first-order chi connectivity index (χ1) is 8.31. The number of benzene rings is 1. The molecule has 0 N–H and O–H groups in total. The molecule has 2 aliphatic rings. The van der Waals surface area contributed by atoms with Crippen molar-refractivity contribution in [3.8, 4) is 0 Å². The zero-order valence-electron chi connectivity index (χ0n) is 10.9. The van der Waals surface area contributed by atoms with Crippen LogP contribution in [0.4, 0.5) is 0 Å². The smallest absolute Gasteiger partial charge is 0.0233 e. The first-order valence-corrected chi connectivity index (χ1v) is 7.14. The fraction of sp³-hybridized carbons (Fsp3) is 0.625. The molecule has 1 heteroatoms. The summed E-state index contributed by atoms with van der Waals surface area (Å²) in [6.45, 7) is 6.14. The van der Waals surface area contributed by atoms with Crippen molar-refractivity contribution in [1.82, 2.24) is 4.90 Å². The first-order valence-electron chi connectivity index (χ1n) is 7.14. The van der Waals surface area contributed by atoms with Gasteiger partial charge in [0.2, 0.25) is 0 Å². The molecule has 1 unspecified atom stereocenters. The Balaban J connectivity index is 1.74. The molecular formula is C16H23N. The van der Waals surface area contributed by atoms with Crippen LogP contribution in [0, 0.1) is 5.92 Å². The second-order valence-electron chi connectivity index (χ2n) is 5.93. The summed E-state index contributed by atoms with van der Waals surface area (Å²) < 4.78 is 0. The van der Waals surface area contributed by atoms with E-state index in [9.17, 15) is 0 Å². The molecule has 3 rings (SSSR count). The van der Waals surface area contributed by atoms with Gasteiger partial charge in [-0.25, -0.2) is 0 Å².